The predicted octanol–water partition coefficient (Wildman–Crippen LogP) is 5.58. The first-order valence-electron chi connectivity index (χ1n) is 18.0. The molecule has 0 radical (unpaired) electrons. The van der Waals surface area contributed by atoms with Crippen LogP contribution in [0.4, 0.5) is 20.4 Å². The van der Waals surface area contributed by atoms with Gasteiger partial charge in [-0.1, -0.05) is 36.4 Å². The fraction of sp³-hybridized carbons (Fsp3) is 0.257. The number of nitrogens with one attached hydrogen (secondary N) is 2. The van der Waals surface area contributed by atoms with Gasteiger partial charge in [0.05, 0.1) is 12.9 Å². The van der Waals surface area contributed by atoms with E-state index in [0.29, 0.717) is 11.1 Å². The van der Waals surface area contributed by atoms with E-state index in [0.717, 1.165) is 12.7 Å². The Balaban J connectivity index is 0.976. The molecule has 0 spiro atoms. The van der Waals surface area contributed by atoms with Crippen LogP contribution < -0.4 is 10.6 Å². The molecule has 0 bridgehead atoms. The minimum absolute atomic E-state index is 0.0210. The van der Waals surface area contributed by atoms with Crippen molar-refractivity contribution in [1.82, 2.24) is 39.0 Å². The van der Waals surface area contributed by atoms with Crippen molar-refractivity contribution in [1.29, 1.82) is 0 Å². The van der Waals surface area contributed by atoms with Gasteiger partial charge in [-0.25, -0.2) is 43.2 Å². The Morgan fingerprint density at radius 2 is 1.36 bits per heavy atom. The van der Waals surface area contributed by atoms with Crippen LogP contribution in [-0.4, -0.2) is 93.0 Å². The number of aromatic nitrogens is 8. The van der Waals surface area contributed by atoms with Crippen LogP contribution in [0.25, 0.3) is 22.3 Å². The first-order valence-corrected chi connectivity index (χ1v) is 23.3. The minimum atomic E-state index is -4.63. The number of imidazole rings is 2. The predicted molar refractivity (Wildman–Crippen MR) is 216 cm³/mol. The summed E-state index contributed by atoms with van der Waals surface area (Å²) in [6, 6.07) is 16.7. The molecule has 316 valence electrons. The lowest BCUT2D eigenvalue weighted by Gasteiger charge is -2.27. The summed E-state index contributed by atoms with van der Waals surface area (Å²) >= 11 is 9.37. The SMILES string of the molecule is C/C1=C2/O[C@@H](n3cnc4c(NC(=O)c5ccccc5)ncnc43)[C@H](F)[C@@H]2OP(O)(=S)OC[C@H]2O[C@@H](n3cnc4c(NC(=O)c5ccccc5)ncnc43)[C@H](F)[C@@H]2OP(=O)(S)O1. The number of hydrogen-bond donors (Lipinski definition) is 4. The number of thiol groups is 1. The van der Waals surface area contributed by atoms with Gasteiger partial charge in [0.2, 0.25) is 6.23 Å². The average Bonchev–Trinajstić information content (AvgIpc) is 4.02. The van der Waals surface area contributed by atoms with Crippen LogP contribution in [0.2, 0.25) is 0 Å². The molecule has 3 aliphatic heterocycles. The molecule has 0 aliphatic carbocycles. The van der Waals surface area contributed by atoms with Crippen LogP contribution in [-0.2, 0) is 43.9 Å². The van der Waals surface area contributed by atoms with Gasteiger partial charge in [0.25, 0.3) is 11.8 Å². The Bertz CT molecular complexity index is 2810. The van der Waals surface area contributed by atoms with Crippen molar-refractivity contribution in [2.75, 3.05) is 17.2 Å². The standard InChI is InChI=1S/C35H30F2N10O10P2S2/c1-17-25-27(22(37)35(54-25)47-16-43-24-29(39-14-41-31(24)47)45-33(49)19-10-6-3-7-11-19)57-58(50,60)52-12-20-26(56-59(51,61)55-17)21(36)34(53-20)46-15-42-23-28(38-13-40-30(23)46)44-32(48)18-8-4-2-5-9-18/h2-11,13-16,20-22,26-27,34-35H,12H2,1H3,(H,50,60)(H,51,61)(H,38,40,44,48)(H,39,41,45,49)/b25-17-/t20-,21-,22-,26-,27+,34-,35-,58?,59?/m1/s1. The molecule has 3 N–H and O–H groups in total. The highest BCUT2D eigenvalue weighted by Crippen LogP contribution is 2.60. The normalized spacial score (nSPS) is 30.3. The van der Waals surface area contributed by atoms with Gasteiger partial charge in [-0.05, 0) is 55.2 Å². The van der Waals surface area contributed by atoms with Gasteiger partial charge in [-0.3, -0.25) is 27.8 Å². The van der Waals surface area contributed by atoms with Gasteiger partial charge in [0, 0.05) is 11.1 Å². The van der Waals surface area contributed by atoms with Crippen molar-refractivity contribution in [3.8, 4) is 0 Å². The molecule has 2 unspecified atom stereocenters. The summed E-state index contributed by atoms with van der Waals surface area (Å²) in [6.45, 7) is -8.55. The lowest BCUT2D eigenvalue weighted by molar-refractivity contribution is -0.0435. The number of ether oxygens (including phenoxy) is 2. The summed E-state index contributed by atoms with van der Waals surface area (Å²) in [5.74, 6) is -1.73. The van der Waals surface area contributed by atoms with Gasteiger partial charge in [0.1, 0.15) is 36.9 Å². The first kappa shape index (κ1) is 41.1. The molecule has 9 rings (SSSR count). The van der Waals surface area contributed by atoms with Crippen molar-refractivity contribution in [3.63, 3.8) is 0 Å². The number of rotatable bonds is 6. The van der Waals surface area contributed by atoms with Crippen LogP contribution in [0, 0.1) is 0 Å². The number of allylic oxidation sites excluding steroid dienone is 1. The van der Waals surface area contributed by atoms with Crippen molar-refractivity contribution in [3.05, 3.63) is 109 Å². The van der Waals surface area contributed by atoms with Crippen molar-refractivity contribution < 1.29 is 55.4 Å². The summed E-state index contributed by atoms with van der Waals surface area (Å²) in [5, 5.41) is 5.32. The zero-order chi connectivity index (χ0) is 42.6. The zero-order valence-electron chi connectivity index (χ0n) is 31.0. The molecular formula is C35H30F2N10O10P2S2. The van der Waals surface area contributed by atoms with Crippen molar-refractivity contribution in [2.45, 2.75) is 50.0 Å². The van der Waals surface area contributed by atoms with E-state index in [4.69, 9.17) is 39.4 Å². The average molecular weight is 915 g/mol. The second kappa shape index (κ2) is 16.2. The van der Waals surface area contributed by atoms with Gasteiger partial charge < -0.3 is 34.0 Å². The van der Waals surface area contributed by atoms with Gasteiger partial charge in [0.15, 0.2) is 64.4 Å². The fourth-order valence-corrected chi connectivity index (χ4v) is 9.96. The highest BCUT2D eigenvalue weighted by atomic mass is 32.7. The molecule has 0 saturated carbocycles. The molecular weight excluding hydrogens is 885 g/mol. The number of carbonyl (C=O) groups excluding carboxylic acids is 2. The Morgan fingerprint density at radius 3 is 1.92 bits per heavy atom. The maximum atomic E-state index is 16.6. The third-order valence-electron chi connectivity index (χ3n) is 9.64. The third kappa shape index (κ3) is 8.02. The summed E-state index contributed by atoms with van der Waals surface area (Å²) in [6.07, 6.45) is -7.89. The van der Waals surface area contributed by atoms with Crippen LogP contribution in [0.3, 0.4) is 0 Å². The number of benzene rings is 2. The third-order valence-corrected chi connectivity index (χ3v) is 12.7. The smallest absolute Gasteiger partial charge is 0.437 e. The number of nitrogens with zero attached hydrogens (tertiary/aromatic N) is 8. The lowest BCUT2D eigenvalue weighted by atomic mass is 10.1. The molecule has 2 aromatic carbocycles. The molecule has 26 heteroatoms. The number of hydrogen-bond acceptors (Lipinski definition) is 16. The van der Waals surface area contributed by atoms with Crippen LogP contribution in [0.1, 0.15) is 40.1 Å². The van der Waals surface area contributed by atoms with Crippen molar-refractivity contribution >= 4 is 83.3 Å². The second-order valence-electron chi connectivity index (χ2n) is 13.5. The number of halogens is 2. The van der Waals surface area contributed by atoms with E-state index >= 15 is 8.78 Å². The summed E-state index contributed by atoms with van der Waals surface area (Å²) in [4.78, 5) is 62.2. The minimum Gasteiger partial charge on any atom is -0.465 e. The van der Waals surface area contributed by atoms with Gasteiger partial charge in [-0.2, -0.15) is 0 Å². The maximum Gasteiger partial charge on any atom is 0.437 e. The van der Waals surface area contributed by atoms with Crippen LogP contribution in [0.5, 0.6) is 0 Å². The monoisotopic (exact) mass is 914 g/mol. The Kier molecular flexibility index (Phi) is 10.9. The van der Waals surface area contributed by atoms with Gasteiger partial charge in [-0.15, -0.1) is 0 Å². The summed E-state index contributed by atoms with van der Waals surface area (Å²) in [5.41, 5.74) is 0.943. The van der Waals surface area contributed by atoms with Crippen LogP contribution >= 0.6 is 25.8 Å². The molecule has 61 heavy (non-hydrogen) atoms. The molecule has 20 nitrogen and oxygen atoms in total. The van der Waals surface area contributed by atoms with E-state index in [-0.39, 0.29) is 39.7 Å². The molecule has 7 heterocycles. The van der Waals surface area contributed by atoms with E-state index in [1.54, 1.807) is 60.7 Å². The molecule has 3 aliphatic rings. The number of fused-ring (bicyclic) bond motifs is 4. The summed E-state index contributed by atoms with van der Waals surface area (Å²) < 4.78 is 84.0. The van der Waals surface area contributed by atoms with E-state index in [1.165, 1.54) is 28.7 Å². The lowest BCUT2D eigenvalue weighted by Crippen LogP contribution is -2.34. The van der Waals surface area contributed by atoms with Gasteiger partial charge >= 0.3 is 13.5 Å². The molecule has 9 atom stereocenters. The molecule has 4 aromatic heterocycles. The Morgan fingerprint density at radius 1 is 0.820 bits per heavy atom. The fourth-order valence-electron chi connectivity index (χ4n) is 6.87. The second-order valence-corrected chi connectivity index (χ2v) is 19.1. The van der Waals surface area contributed by atoms with E-state index < -0.39 is 80.8 Å². The number of amides is 2. The van der Waals surface area contributed by atoms with Crippen LogP contribution in [0.15, 0.2) is 97.5 Å². The summed E-state index contributed by atoms with van der Waals surface area (Å²) in [7, 11) is 0. The molecule has 6 aromatic rings. The Hall–Kier alpha value is -5.29. The largest absolute Gasteiger partial charge is 0.465 e. The van der Waals surface area contributed by atoms with E-state index in [1.807, 2.05) is 0 Å². The van der Waals surface area contributed by atoms with E-state index in [2.05, 4.69) is 52.8 Å². The van der Waals surface area contributed by atoms with E-state index in [9.17, 15) is 19.0 Å². The first-order chi connectivity index (χ1) is 29.3. The molecule has 2 saturated heterocycles. The number of alkyl halides is 2. The number of anilines is 2. The van der Waals surface area contributed by atoms with Crippen molar-refractivity contribution in [2.24, 2.45) is 0 Å². The maximum absolute atomic E-state index is 16.6. The quantitative estimate of drug-likeness (QED) is 0.118. The highest BCUT2D eigenvalue weighted by Gasteiger charge is 2.54. The number of carbonyl (C=O) groups is 2. The zero-order valence-corrected chi connectivity index (χ0v) is 34.5. The Labute approximate surface area is 352 Å². The topological polar surface area (TPSA) is 238 Å². The highest BCUT2D eigenvalue weighted by molar-refractivity contribution is 8.44. The molecule has 2 amide bonds. The molecule has 2 fully saturated rings.